The van der Waals surface area contributed by atoms with Gasteiger partial charge in [-0.05, 0) is 37.1 Å². The first-order valence-electron chi connectivity index (χ1n) is 6.19. The molecule has 0 aliphatic heterocycles. The zero-order chi connectivity index (χ0) is 11.1. The lowest BCUT2D eigenvalue weighted by atomic mass is 9.88. The minimum absolute atomic E-state index is 0.247. The van der Waals surface area contributed by atoms with E-state index < -0.39 is 0 Å². The van der Waals surface area contributed by atoms with Gasteiger partial charge in [-0.1, -0.05) is 13.8 Å². The predicted molar refractivity (Wildman–Crippen MR) is 63.9 cm³/mol. The van der Waals surface area contributed by atoms with Crippen molar-refractivity contribution in [2.75, 3.05) is 32.8 Å². The maximum Gasteiger partial charge on any atom is 0.0591 e. The van der Waals surface area contributed by atoms with Gasteiger partial charge >= 0.3 is 0 Å². The summed E-state index contributed by atoms with van der Waals surface area (Å²) in [5.41, 5.74) is 5.98. The zero-order valence-corrected chi connectivity index (χ0v) is 10.2. The molecule has 3 heteroatoms. The molecule has 0 bridgehead atoms. The molecule has 3 N–H and O–H groups in total. The van der Waals surface area contributed by atoms with Crippen molar-refractivity contribution in [3.8, 4) is 0 Å². The van der Waals surface area contributed by atoms with Crippen LogP contribution in [0.4, 0.5) is 0 Å². The van der Waals surface area contributed by atoms with E-state index in [1.807, 2.05) is 0 Å². The number of ether oxygens (including phenoxy) is 1. The van der Waals surface area contributed by atoms with E-state index in [1.54, 1.807) is 0 Å². The third-order valence-corrected chi connectivity index (χ3v) is 3.37. The van der Waals surface area contributed by atoms with Crippen molar-refractivity contribution < 1.29 is 4.74 Å². The molecule has 0 radical (unpaired) electrons. The number of nitrogens with one attached hydrogen (secondary N) is 1. The van der Waals surface area contributed by atoms with Crippen LogP contribution >= 0.6 is 0 Å². The van der Waals surface area contributed by atoms with Crippen LogP contribution in [0.2, 0.25) is 0 Å². The molecule has 1 fully saturated rings. The summed E-state index contributed by atoms with van der Waals surface area (Å²) in [6.45, 7) is 8.90. The highest BCUT2D eigenvalue weighted by Gasteiger charge is 2.21. The van der Waals surface area contributed by atoms with Gasteiger partial charge in [-0.25, -0.2) is 0 Å². The summed E-state index contributed by atoms with van der Waals surface area (Å²) in [7, 11) is 0. The highest BCUT2D eigenvalue weighted by Crippen LogP contribution is 2.28. The molecule has 0 amide bonds. The fourth-order valence-corrected chi connectivity index (χ4v) is 1.41. The maximum absolute atomic E-state index is 5.74. The van der Waals surface area contributed by atoms with Gasteiger partial charge in [0.2, 0.25) is 0 Å². The molecular formula is C12H26N2O. The second-order valence-corrected chi connectivity index (χ2v) is 5.06. The lowest BCUT2D eigenvalue weighted by molar-refractivity contribution is 0.123. The summed E-state index contributed by atoms with van der Waals surface area (Å²) < 4.78 is 5.55. The molecular weight excluding hydrogens is 188 g/mol. The van der Waals surface area contributed by atoms with Crippen LogP contribution in [-0.2, 0) is 4.74 Å². The first-order chi connectivity index (χ1) is 7.20. The minimum atomic E-state index is 0.247. The van der Waals surface area contributed by atoms with Crippen LogP contribution in [0.3, 0.4) is 0 Å². The van der Waals surface area contributed by atoms with E-state index in [1.165, 1.54) is 12.8 Å². The van der Waals surface area contributed by atoms with Crippen molar-refractivity contribution in [1.82, 2.24) is 5.32 Å². The third kappa shape index (κ3) is 5.50. The molecule has 1 saturated carbocycles. The maximum atomic E-state index is 5.74. The van der Waals surface area contributed by atoms with Crippen molar-refractivity contribution in [3.63, 3.8) is 0 Å². The number of hydrogen-bond donors (Lipinski definition) is 2. The normalized spacial score (nSPS) is 20.2. The molecule has 3 nitrogen and oxygen atoms in total. The lowest BCUT2D eigenvalue weighted by Crippen LogP contribution is -2.38. The zero-order valence-electron chi connectivity index (χ0n) is 10.2. The van der Waals surface area contributed by atoms with E-state index >= 15 is 0 Å². The molecule has 1 unspecified atom stereocenters. The van der Waals surface area contributed by atoms with E-state index in [-0.39, 0.29) is 5.41 Å². The van der Waals surface area contributed by atoms with Gasteiger partial charge in [0.15, 0.2) is 0 Å². The SMILES string of the molecule is CCC(C)(CN)CNCCOCC1CC1. The second-order valence-electron chi connectivity index (χ2n) is 5.06. The minimum Gasteiger partial charge on any atom is -0.380 e. The van der Waals surface area contributed by atoms with Gasteiger partial charge in [0, 0.05) is 19.7 Å². The Hall–Kier alpha value is -0.120. The van der Waals surface area contributed by atoms with E-state index in [9.17, 15) is 0 Å². The Morgan fingerprint density at radius 3 is 2.73 bits per heavy atom. The van der Waals surface area contributed by atoms with Gasteiger partial charge in [0.1, 0.15) is 0 Å². The molecule has 0 spiro atoms. The van der Waals surface area contributed by atoms with E-state index in [4.69, 9.17) is 10.5 Å². The van der Waals surface area contributed by atoms with Crippen molar-refractivity contribution in [2.45, 2.75) is 33.1 Å². The Morgan fingerprint density at radius 2 is 2.20 bits per heavy atom. The van der Waals surface area contributed by atoms with Crippen LogP contribution < -0.4 is 11.1 Å². The van der Waals surface area contributed by atoms with Crippen LogP contribution in [0.5, 0.6) is 0 Å². The molecule has 0 aromatic rings. The van der Waals surface area contributed by atoms with Gasteiger partial charge < -0.3 is 15.8 Å². The summed E-state index contributed by atoms with van der Waals surface area (Å²) in [4.78, 5) is 0. The van der Waals surface area contributed by atoms with Crippen LogP contribution in [0, 0.1) is 11.3 Å². The average Bonchev–Trinajstić information content (AvgIpc) is 3.06. The number of hydrogen-bond acceptors (Lipinski definition) is 3. The van der Waals surface area contributed by atoms with Crippen molar-refractivity contribution in [1.29, 1.82) is 0 Å². The molecule has 15 heavy (non-hydrogen) atoms. The Labute approximate surface area is 93.8 Å². The molecule has 1 atom stereocenters. The third-order valence-electron chi connectivity index (χ3n) is 3.37. The van der Waals surface area contributed by atoms with Crippen LogP contribution in [-0.4, -0.2) is 32.8 Å². The summed E-state index contributed by atoms with van der Waals surface area (Å²) in [5, 5.41) is 3.42. The molecule has 0 heterocycles. The fraction of sp³-hybridized carbons (Fsp3) is 1.00. The largest absolute Gasteiger partial charge is 0.380 e. The fourth-order valence-electron chi connectivity index (χ4n) is 1.41. The summed E-state index contributed by atoms with van der Waals surface area (Å²) in [6, 6.07) is 0. The standard InChI is InChI=1S/C12H26N2O/c1-3-12(2,9-13)10-14-6-7-15-8-11-4-5-11/h11,14H,3-10,13H2,1-2H3. The van der Waals surface area contributed by atoms with Gasteiger partial charge in [-0.3, -0.25) is 0 Å². The Balaban J connectivity index is 1.90. The van der Waals surface area contributed by atoms with Gasteiger partial charge in [0.25, 0.3) is 0 Å². The van der Waals surface area contributed by atoms with Gasteiger partial charge in [0.05, 0.1) is 6.61 Å². The smallest absolute Gasteiger partial charge is 0.0591 e. The van der Waals surface area contributed by atoms with E-state index in [0.717, 1.165) is 45.2 Å². The van der Waals surface area contributed by atoms with Crippen molar-refractivity contribution in [2.24, 2.45) is 17.1 Å². The Bertz CT molecular complexity index is 165. The molecule has 0 aromatic carbocycles. The first-order valence-corrected chi connectivity index (χ1v) is 6.19. The quantitative estimate of drug-likeness (QED) is 0.570. The highest BCUT2D eigenvalue weighted by molar-refractivity contribution is 4.76. The summed E-state index contributed by atoms with van der Waals surface area (Å²) in [6.07, 6.45) is 3.86. The molecule has 1 aliphatic carbocycles. The van der Waals surface area contributed by atoms with Crippen LogP contribution in [0.1, 0.15) is 33.1 Å². The summed E-state index contributed by atoms with van der Waals surface area (Å²) >= 11 is 0. The summed E-state index contributed by atoms with van der Waals surface area (Å²) in [5.74, 6) is 0.870. The number of nitrogens with two attached hydrogens (primary N) is 1. The highest BCUT2D eigenvalue weighted by atomic mass is 16.5. The lowest BCUT2D eigenvalue weighted by Gasteiger charge is -2.26. The Morgan fingerprint density at radius 1 is 1.47 bits per heavy atom. The average molecular weight is 214 g/mol. The molecule has 0 aromatic heterocycles. The molecule has 1 rings (SSSR count). The van der Waals surface area contributed by atoms with E-state index in [0.29, 0.717) is 0 Å². The van der Waals surface area contributed by atoms with Gasteiger partial charge in [-0.2, -0.15) is 0 Å². The molecule has 90 valence electrons. The predicted octanol–water partition coefficient (Wildman–Crippen LogP) is 1.38. The number of rotatable bonds is 9. The second kappa shape index (κ2) is 6.46. The van der Waals surface area contributed by atoms with E-state index in [2.05, 4.69) is 19.2 Å². The topological polar surface area (TPSA) is 47.3 Å². The molecule has 0 saturated heterocycles. The first kappa shape index (κ1) is 12.9. The van der Waals surface area contributed by atoms with Crippen molar-refractivity contribution >= 4 is 0 Å². The monoisotopic (exact) mass is 214 g/mol. The van der Waals surface area contributed by atoms with Crippen LogP contribution in [0.25, 0.3) is 0 Å². The van der Waals surface area contributed by atoms with Crippen LogP contribution in [0.15, 0.2) is 0 Å². The van der Waals surface area contributed by atoms with Gasteiger partial charge in [-0.15, -0.1) is 0 Å². The Kier molecular flexibility index (Phi) is 5.58. The van der Waals surface area contributed by atoms with Crippen molar-refractivity contribution in [3.05, 3.63) is 0 Å². The molecule has 1 aliphatic rings.